The third-order valence-corrected chi connectivity index (χ3v) is 4.06. The third-order valence-electron chi connectivity index (χ3n) is 4.06. The fourth-order valence-electron chi connectivity index (χ4n) is 3.02. The zero-order valence-electron chi connectivity index (χ0n) is 12.5. The molecule has 3 heterocycles. The molecule has 0 aromatic carbocycles. The zero-order valence-corrected chi connectivity index (χ0v) is 12.5. The molecular weight excluding hydrogens is 266 g/mol. The van der Waals surface area contributed by atoms with E-state index in [4.69, 9.17) is 4.42 Å². The highest BCUT2D eigenvalue weighted by molar-refractivity contribution is 5.93. The van der Waals surface area contributed by atoms with E-state index in [-0.39, 0.29) is 5.91 Å². The van der Waals surface area contributed by atoms with Crippen LogP contribution in [0, 0.1) is 0 Å². The Morgan fingerprint density at radius 3 is 3.05 bits per heavy atom. The highest BCUT2D eigenvalue weighted by Crippen LogP contribution is 2.26. The first-order valence-electron chi connectivity index (χ1n) is 7.51. The summed E-state index contributed by atoms with van der Waals surface area (Å²) < 4.78 is 7.25. The molecule has 5 heteroatoms. The van der Waals surface area contributed by atoms with Crippen molar-refractivity contribution in [3.63, 3.8) is 0 Å². The molecule has 112 valence electrons. The Balaban J connectivity index is 1.77. The number of piperidine rings is 1. The summed E-state index contributed by atoms with van der Waals surface area (Å²) in [6, 6.07) is 2.04. The molecule has 1 aliphatic heterocycles. The molecular formula is C16H21N3O2. The lowest BCUT2D eigenvalue weighted by atomic mass is 10.0. The highest BCUT2D eigenvalue weighted by Gasteiger charge is 2.27. The maximum Gasteiger partial charge on any atom is 0.257 e. The monoisotopic (exact) mass is 287 g/mol. The molecule has 1 saturated heterocycles. The van der Waals surface area contributed by atoms with Gasteiger partial charge in [0, 0.05) is 31.4 Å². The lowest BCUT2D eigenvalue weighted by Gasteiger charge is -2.34. The van der Waals surface area contributed by atoms with Gasteiger partial charge in [0.05, 0.1) is 17.9 Å². The van der Waals surface area contributed by atoms with Gasteiger partial charge in [0.15, 0.2) is 0 Å². The predicted molar refractivity (Wildman–Crippen MR) is 79.2 cm³/mol. The maximum atomic E-state index is 12.4. The quantitative estimate of drug-likeness (QED) is 0.871. The number of likely N-dealkylation sites (tertiary alicyclic amines) is 1. The van der Waals surface area contributed by atoms with Crippen molar-refractivity contribution in [3.05, 3.63) is 42.4 Å². The third kappa shape index (κ3) is 2.73. The molecule has 21 heavy (non-hydrogen) atoms. The topological polar surface area (TPSA) is 51.3 Å². The molecule has 2 aromatic heterocycles. The first-order chi connectivity index (χ1) is 10.2. The number of carbonyl (C=O) groups excluding carboxylic acids is 1. The van der Waals surface area contributed by atoms with E-state index >= 15 is 0 Å². The average Bonchev–Trinajstić information content (AvgIpc) is 3.17. The number of amides is 1. The van der Waals surface area contributed by atoms with Gasteiger partial charge in [0.1, 0.15) is 12.1 Å². The Bertz CT molecular complexity index is 601. The van der Waals surface area contributed by atoms with Gasteiger partial charge in [0.2, 0.25) is 0 Å². The largest absolute Gasteiger partial charge is 0.472 e. The number of hydrogen-bond donors (Lipinski definition) is 0. The fraction of sp³-hybridized carbons (Fsp3) is 0.500. The van der Waals surface area contributed by atoms with Gasteiger partial charge < -0.3 is 13.9 Å². The van der Waals surface area contributed by atoms with Crippen molar-refractivity contribution in [2.75, 3.05) is 13.1 Å². The van der Waals surface area contributed by atoms with E-state index in [1.807, 2.05) is 17.3 Å². The second-order valence-corrected chi connectivity index (χ2v) is 5.91. The van der Waals surface area contributed by atoms with Crippen LogP contribution in [-0.4, -0.2) is 33.4 Å². The van der Waals surface area contributed by atoms with Crippen LogP contribution in [0.25, 0.3) is 0 Å². The number of imidazole rings is 1. The summed E-state index contributed by atoms with van der Waals surface area (Å²) >= 11 is 0. The van der Waals surface area contributed by atoms with E-state index in [2.05, 4.69) is 23.4 Å². The summed E-state index contributed by atoms with van der Waals surface area (Å²) in [7, 11) is 0. The first-order valence-corrected chi connectivity index (χ1v) is 7.51. The van der Waals surface area contributed by atoms with Crippen molar-refractivity contribution in [3.8, 4) is 0 Å². The van der Waals surface area contributed by atoms with E-state index in [1.165, 1.54) is 6.26 Å². The van der Waals surface area contributed by atoms with E-state index in [0.29, 0.717) is 17.5 Å². The second kappa shape index (κ2) is 5.76. The summed E-state index contributed by atoms with van der Waals surface area (Å²) in [4.78, 5) is 18.8. The number of hydrogen-bond acceptors (Lipinski definition) is 3. The minimum Gasteiger partial charge on any atom is -0.472 e. The minimum atomic E-state index is 0.0552. The van der Waals surface area contributed by atoms with Crippen molar-refractivity contribution < 1.29 is 9.21 Å². The van der Waals surface area contributed by atoms with Gasteiger partial charge >= 0.3 is 0 Å². The summed E-state index contributed by atoms with van der Waals surface area (Å²) in [5.74, 6) is 1.54. The zero-order chi connectivity index (χ0) is 14.8. The number of aromatic nitrogens is 2. The molecule has 1 fully saturated rings. The Morgan fingerprint density at radius 1 is 1.48 bits per heavy atom. The van der Waals surface area contributed by atoms with Crippen molar-refractivity contribution in [2.45, 2.75) is 38.6 Å². The van der Waals surface area contributed by atoms with Crippen molar-refractivity contribution in [2.24, 2.45) is 0 Å². The minimum absolute atomic E-state index is 0.0552. The number of furan rings is 1. The van der Waals surface area contributed by atoms with Crippen LogP contribution in [0.3, 0.4) is 0 Å². The second-order valence-electron chi connectivity index (χ2n) is 5.91. The van der Waals surface area contributed by atoms with Crippen LogP contribution in [-0.2, 0) is 0 Å². The fourth-order valence-corrected chi connectivity index (χ4v) is 3.02. The smallest absolute Gasteiger partial charge is 0.257 e. The molecule has 0 bridgehead atoms. The van der Waals surface area contributed by atoms with E-state index in [9.17, 15) is 4.79 Å². The van der Waals surface area contributed by atoms with Crippen LogP contribution in [0.5, 0.6) is 0 Å². The Hall–Kier alpha value is -2.04. The van der Waals surface area contributed by atoms with Crippen molar-refractivity contribution in [1.82, 2.24) is 14.5 Å². The van der Waals surface area contributed by atoms with E-state index in [0.717, 1.165) is 31.8 Å². The Kier molecular flexibility index (Phi) is 3.82. The van der Waals surface area contributed by atoms with Gasteiger partial charge in [-0.2, -0.15) is 0 Å². The molecule has 1 aliphatic rings. The average molecular weight is 287 g/mol. The molecule has 1 amide bonds. The first kappa shape index (κ1) is 13.9. The van der Waals surface area contributed by atoms with Crippen LogP contribution in [0.15, 0.2) is 35.4 Å². The van der Waals surface area contributed by atoms with Gasteiger partial charge in [0.25, 0.3) is 5.91 Å². The lowest BCUT2D eigenvalue weighted by Crippen LogP contribution is -2.40. The van der Waals surface area contributed by atoms with Gasteiger partial charge in [-0.1, -0.05) is 13.8 Å². The number of carbonyl (C=O) groups is 1. The van der Waals surface area contributed by atoms with Gasteiger partial charge in [-0.15, -0.1) is 0 Å². The van der Waals surface area contributed by atoms with Crippen LogP contribution in [0.1, 0.15) is 54.8 Å². The maximum absolute atomic E-state index is 12.4. The lowest BCUT2D eigenvalue weighted by molar-refractivity contribution is 0.0677. The molecule has 0 N–H and O–H groups in total. The molecule has 0 radical (unpaired) electrons. The van der Waals surface area contributed by atoms with Crippen molar-refractivity contribution in [1.29, 1.82) is 0 Å². The Morgan fingerprint density at radius 2 is 2.33 bits per heavy atom. The molecule has 1 atom stereocenters. The summed E-state index contributed by atoms with van der Waals surface area (Å²) in [6.07, 6.45) is 9.05. The molecule has 0 saturated carbocycles. The van der Waals surface area contributed by atoms with Gasteiger partial charge in [-0.3, -0.25) is 4.79 Å². The molecule has 0 aliphatic carbocycles. The predicted octanol–water partition coefficient (Wildman–Crippen LogP) is 3.08. The van der Waals surface area contributed by atoms with Crippen LogP contribution >= 0.6 is 0 Å². The summed E-state index contributed by atoms with van der Waals surface area (Å²) in [5, 5.41) is 0. The van der Waals surface area contributed by atoms with Crippen molar-refractivity contribution >= 4 is 5.91 Å². The molecule has 3 rings (SSSR count). The molecule has 2 aromatic rings. The summed E-state index contributed by atoms with van der Waals surface area (Å²) in [5.41, 5.74) is 0.630. The van der Waals surface area contributed by atoms with Gasteiger partial charge in [-0.05, 0) is 18.9 Å². The number of nitrogens with zero attached hydrogens (tertiary/aromatic N) is 3. The standard InChI is InChI=1S/C16H21N3O2/c1-12(2)15-17-6-8-19(15)14-4-3-7-18(10-14)16(20)13-5-9-21-11-13/h5-6,8-9,11-12,14H,3-4,7,10H2,1-2H3. The van der Waals surface area contributed by atoms with E-state index in [1.54, 1.807) is 12.3 Å². The Labute approximate surface area is 124 Å². The normalized spacial score (nSPS) is 19.2. The summed E-state index contributed by atoms with van der Waals surface area (Å²) in [6.45, 7) is 5.85. The van der Waals surface area contributed by atoms with Gasteiger partial charge in [-0.25, -0.2) is 4.98 Å². The highest BCUT2D eigenvalue weighted by atomic mass is 16.3. The number of rotatable bonds is 3. The van der Waals surface area contributed by atoms with E-state index < -0.39 is 0 Å². The van der Waals surface area contributed by atoms with Crippen LogP contribution in [0.2, 0.25) is 0 Å². The molecule has 5 nitrogen and oxygen atoms in total. The molecule has 0 spiro atoms. The SMILES string of the molecule is CC(C)c1nccn1C1CCCN(C(=O)c2ccoc2)C1. The van der Waals surface area contributed by atoms with Crippen LogP contribution in [0.4, 0.5) is 0 Å². The van der Waals surface area contributed by atoms with Crippen LogP contribution < -0.4 is 0 Å². The molecule has 1 unspecified atom stereocenters.